The number of amides is 1. The summed E-state index contributed by atoms with van der Waals surface area (Å²) in [7, 11) is 3.65. The van der Waals surface area contributed by atoms with E-state index in [1.165, 1.54) is 0 Å². The highest BCUT2D eigenvalue weighted by Gasteiger charge is 2.17. The highest BCUT2D eigenvalue weighted by Crippen LogP contribution is 2.27. The van der Waals surface area contributed by atoms with Gasteiger partial charge < -0.3 is 9.47 Å². The van der Waals surface area contributed by atoms with Gasteiger partial charge in [-0.25, -0.2) is 9.36 Å². The Morgan fingerprint density at radius 3 is 2.48 bits per heavy atom. The van der Waals surface area contributed by atoms with E-state index in [1.807, 2.05) is 62.7 Å². The summed E-state index contributed by atoms with van der Waals surface area (Å²) in [6.07, 6.45) is 1.59. The first-order valence-corrected chi connectivity index (χ1v) is 8.17. The Morgan fingerprint density at radius 2 is 1.80 bits per heavy atom. The molecule has 130 valence electrons. The second-order valence-electron chi connectivity index (χ2n) is 7.05. The lowest BCUT2D eigenvalue weighted by molar-refractivity contribution is -0.643. The minimum atomic E-state index is -0.527. The summed E-state index contributed by atoms with van der Waals surface area (Å²) in [6.45, 7) is 5.52. The number of hydrogen-bond acceptors (Lipinski definition) is 3. The smallest absolute Gasteiger partial charge is 0.412 e. The number of nitrogens with one attached hydrogen (secondary N) is 1. The molecule has 2 aromatic carbocycles. The number of methoxy groups -OCH3 is 1. The second kappa shape index (κ2) is 6.24. The first-order chi connectivity index (χ1) is 11.8. The Morgan fingerprint density at radius 1 is 1.08 bits per heavy atom. The molecule has 3 rings (SSSR count). The van der Waals surface area contributed by atoms with E-state index < -0.39 is 11.7 Å². The number of pyridine rings is 1. The molecule has 0 saturated carbocycles. The van der Waals surface area contributed by atoms with Crippen LogP contribution in [0, 0.1) is 0 Å². The lowest BCUT2D eigenvalue weighted by Crippen LogP contribution is -2.29. The number of nitrogens with zero attached hydrogens (tertiary/aromatic N) is 1. The monoisotopic (exact) mass is 339 g/mol. The summed E-state index contributed by atoms with van der Waals surface area (Å²) in [5, 5.41) is 6.13. The third kappa shape index (κ3) is 3.65. The Bertz CT molecular complexity index is 958. The molecular formula is C20H23N2O3+. The van der Waals surface area contributed by atoms with E-state index in [1.54, 1.807) is 7.11 Å². The second-order valence-corrected chi connectivity index (χ2v) is 7.05. The van der Waals surface area contributed by atoms with E-state index in [9.17, 15) is 4.79 Å². The minimum absolute atomic E-state index is 0.458. The van der Waals surface area contributed by atoms with Crippen molar-refractivity contribution in [3.05, 3.63) is 42.6 Å². The number of ether oxygens (including phenoxy) is 2. The number of fused-ring (bicyclic) bond motifs is 3. The average Bonchev–Trinajstić information content (AvgIpc) is 2.52. The molecule has 0 spiro atoms. The lowest BCUT2D eigenvalue weighted by Gasteiger charge is -2.19. The van der Waals surface area contributed by atoms with Gasteiger partial charge in [0.05, 0.1) is 23.6 Å². The van der Waals surface area contributed by atoms with Gasteiger partial charge in [0.2, 0.25) is 5.52 Å². The van der Waals surface area contributed by atoms with Gasteiger partial charge in [-0.3, -0.25) is 5.32 Å². The molecule has 0 aliphatic carbocycles. The van der Waals surface area contributed by atoms with Gasteiger partial charge in [-0.15, -0.1) is 0 Å². The van der Waals surface area contributed by atoms with E-state index >= 15 is 0 Å². The summed E-state index contributed by atoms with van der Waals surface area (Å²) in [6, 6.07) is 11.9. The number of aromatic nitrogens is 1. The molecule has 0 aliphatic rings. The van der Waals surface area contributed by atoms with Crippen molar-refractivity contribution >= 4 is 33.5 Å². The molecule has 0 unspecified atom stereocenters. The third-order valence-corrected chi connectivity index (χ3v) is 3.90. The van der Waals surface area contributed by atoms with Crippen molar-refractivity contribution in [2.45, 2.75) is 26.4 Å². The molecule has 5 nitrogen and oxygen atoms in total. The third-order valence-electron chi connectivity index (χ3n) is 3.90. The van der Waals surface area contributed by atoms with Crippen LogP contribution in [0.5, 0.6) is 5.75 Å². The molecule has 5 heteroatoms. The molecule has 1 heterocycles. The highest BCUT2D eigenvalue weighted by molar-refractivity contribution is 6.05. The Kier molecular flexibility index (Phi) is 4.25. The molecular weight excluding hydrogens is 316 g/mol. The summed E-state index contributed by atoms with van der Waals surface area (Å²) >= 11 is 0. The van der Waals surface area contributed by atoms with E-state index in [2.05, 4.69) is 17.6 Å². The van der Waals surface area contributed by atoms with Gasteiger partial charge >= 0.3 is 6.09 Å². The standard InChI is InChI=1S/C20H22N2O3/c1-20(2,3)25-19(23)21-14-6-8-17-16-9-7-15(24-5)10-13(16)12-22(4)18(17)11-14/h6-12H,1-5H3/p+1. The first-order valence-electron chi connectivity index (χ1n) is 8.17. The quantitative estimate of drug-likeness (QED) is 0.563. The zero-order valence-electron chi connectivity index (χ0n) is 15.2. The summed E-state index contributed by atoms with van der Waals surface area (Å²) in [4.78, 5) is 12.0. The molecule has 0 aliphatic heterocycles. The molecule has 25 heavy (non-hydrogen) atoms. The molecule has 3 aromatic rings. The number of anilines is 1. The fourth-order valence-electron chi connectivity index (χ4n) is 2.85. The Hall–Kier alpha value is -2.82. The number of carbonyl (C=O) groups excluding carboxylic acids is 1. The summed E-state index contributed by atoms with van der Waals surface area (Å²) < 4.78 is 12.7. The van der Waals surface area contributed by atoms with Gasteiger partial charge in [0.25, 0.3) is 0 Å². The lowest BCUT2D eigenvalue weighted by atomic mass is 10.1. The van der Waals surface area contributed by atoms with Crippen molar-refractivity contribution in [3.8, 4) is 5.75 Å². The fraction of sp³-hybridized carbons (Fsp3) is 0.300. The molecule has 1 N–H and O–H groups in total. The van der Waals surface area contributed by atoms with Crippen LogP contribution in [0.25, 0.3) is 21.7 Å². The zero-order chi connectivity index (χ0) is 18.2. The predicted molar refractivity (Wildman–Crippen MR) is 99.0 cm³/mol. The van der Waals surface area contributed by atoms with Crippen LogP contribution in [-0.2, 0) is 11.8 Å². The Labute approximate surface area is 147 Å². The average molecular weight is 339 g/mol. The fourth-order valence-corrected chi connectivity index (χ4v) is 2.85. The normalized spacial score (nSPS) is 11.6. The maximum Gasteiger partial charge on any atom is 0.412 e. The van der Waals surface area contributed by atoms with Crippen LogP contribution < -0.4 is 14.6 Å². The number of rotatable bonds is 2. The van der Waals surface area contributed by atoms with E-state index in [4.69, 9.17) is 9.47 Å². The van der Waals surface area contributed by atoms with Crippen LogP contribution in [0.4, 0.5) is 10.5 Å². The van der Waals surface area contributed by atoms with Crippen molar-refractivity contribution in [3.63, 3.8) is 0 Å². The first kappa shape index (κ1) is 17.0. The molecule has 0 atom stereocenters. The minimum Gasteiger partial charge on any atom is -0.497 e. The number of aryl methyl sites for hydroxylation is 1. The van der Waals surface area contributed by atoms with E-state index in [-0.39, 0.29) is 0 Å². The van der Waals surface area contributed by atoms with Gasteiger partial charge in [0, 0.05) is 11.5 Å². The van der Waals surface area contributed by atoms with Crippen molar-refractivity contribution in [2.24, 2.45) is 7.05 Å². The van der Waals surface area contributed by atoms with E-state index in [0.29, 0.717) is 5.69 Å². The van der Waals surface area contributed by atoms with Crippen LogP contribution in [0.2, 0.25) is 0 Å². The molecule has 0 bridgehead atoms. The molecule has 1 aromatic heterocycles. The zero-order valence-corrected chi connectivity index (χ0v) is 15.2. The topological polar surface area (TPSA) is 51.4 Å². The van der Waals surface area contributed by atoms with Gasteiger partial charge in [-0.1, -0.05) is 0 Å². The van der Waals surface area contributed by atoms with Crippen LogP contribution in [0.15, 0.2) is 42.6 Å². The number of benzene rings is 2. The van der Waals surface area contributed by atoms with Crippen molar-refractivity contribution in [1.82, 2.24) is 0 Å². The number of carbonyl (C=O) groups is 1. The van der Waals surface area contributed by atoms with Gasteiger partial charge in [0.15, 0.2) is 6.20 Å². The van der Waals surface area contributed by atoms with Gasteiger partial charge in [0.1, 0.15) is 18.4 Å². The predicted octanol–water partition coefficient (Wildman–Crippen LogP) is 4.17. The van der Waals surface area contributed by atoms with Crippen molar-refractivity contribution < 1.29 is 18.8 Å². The van der Waals surface area contributed by atoms with Crippen LogP contribution in [0.1, 0.15) is 20.8 Å². The summed E-state index contributed by atoms with van der Waals surface area (Å²) in [5.74, 6) is 0.829. The molecule has 0 saturated heterocycles. The maximum absolute atomic E-state index is 12.0. The maximum atomic E-state index is 12.0. The van der Waals surface area contributed by atoms with Crippen molar-refractivity contribution in [2.75, 3.05) is 12.4 Å². The Balaban J connectivity index is 2.02. The number of hydrogen-bond donors (Lipinski definition) is 1. The molecule has 0 radical (unpaired) electrons. The molecule has 1 amide bonds. The van der Waals surface area contributed by atoms with Crippen LogP contribution in [0.3, 0.4) is 0 Å². The van der Waals surface area contributed by atoms with Crippen LogP contribution in [-0.4, -0.2) is 18.8 Å². The molecule has 0 fully saturated rings. The largest absolute Gasteiger partial charge is 0.497 e. The van der Waals surface area contributed by atoms with Crippen LogP contribution >= 0.6 is 0 Å². The van der Waals surface area contributed by atoms with E-state index in [0.717, 1.165) is 27.4 Å². The van der Waals surface area contributed by atoms with Gasteiger partial charge in [-0.2, -0.15) is 0 Å². The van der Waals surface area contributed by atoms with Crippen molar-refractivity contribution in [1.29, 1.82) is 0 Å². The summed E-state index contributed by atoms with van der Waals surface area (Å²) in [5.41, 5.74) is 1.19. The highest BCUT2D eigenvalue weighted by atomic mass is 16.6. The van der Waals surface area contributed by atoms with Gasteiger partial charge in [-0.05, 0) is 51.1 Å². The SMILES string of the molecule is COc1ccc2c(c1)c[n+](C)c1cc(NC(=O)OC(C)(C)C)ccc21.